The van der Waals surface area contributed by atoms with Crippen LogP contribution in [0.25, 0.3) is 0 Å². The summed E-state index contributed by atoms with van der Waals surface area (Å²) in [6, 6.07) is 15.9. The third-order valence-electron chi connectivity index (χ3n) is 5.88. The van der Waals surface area contributed by atoms with Crippen molar-refractivity contribution >= 4 is 34.0 Å². The summed E-state index contributed by atoms with van der Waals surface area (Å²) < 4.78 is 5.01. The summed E-state index contributed by atoms with van der Waals surface area (Å²) in [4.78, 5) is 41.5. The van der Waals surface area contributed by atoms with Gasteiger partial charge in [-0.1, -0.05) is 42.5 Å². The molecule has 1 aromatic heterocycles. The average molecular weight is 463 g/mol. The van der Waals surface area contributed by atoms with Crippen LogP contribution in [0, 0.1) is 0 Å². The fraction of sp³-hybridized carbons (Fsp3) is 0.269. The summed E-state index contributed by atoms with van der Waals surface area (Å²) in [6.07, 6.45) is 0.737. The second-order valence-corrected chi connectivity index (χ2v) is 9.35. The van der Waals surface area contributed by atoms with Gasteiger partial charge in [0.15, 0.2) is 5.78 Å². The van der Waals surface area contributed by atoms with E-state index in [0.29, 0.717) is 33.3 Å². The molecular formula is C26H26N2O4S. The molecule has 0 spiro atoms. The van der Waals surface area contributed by atoms with Crippen LogP contribution in [0.4, 0.5) is 5.00 Å². The first-order valence-corrected chi connectivity index (χ1v) is 11.7. The average Bonchev–Trinajstić information content (AvgIpc) is 3.20. The molecule has 1 N–H and O–H groups in total. The van der Waals surface area contributed by atoms with Crippen LogP contribution in [0.3, 0.4) is 0 Å². The Kier molecular flexibility index (Phi) is 6.72. The third kappa shape index (κ3) is 4.74. The highest BCUT2D eigenvalue weighted by Gasteiger charge is 2.30. The van der Waals surface area contributed by atoms with Crippen molar-refractivity contribution in [3.63, 3.8) is 0 Å². The van der Waals surface area contributed by atoms with Gasteiger partial charge in [0.05, 0.1) is 12.7 Å². The summed E-state index contributed by atoms with van der Waals surface area (Å²) >= 11 is 1.43. The lowest BCUT2D eigenvalue weighted by atomic mass is 10.0. The number of nitrogens with zero attached hydrogens (tertiary/aromatic N) is 1. The number of methoxy groups -OCH3 is 1. The molecular weight excluding hydrogens is 436 g/mol. The van der Waals surface area contributed by atoms with E-state index >= 15 is 0 Å². The van der Waals surface area contributed by atoms with Crippen molar-refractivity contribution in [1.82, 2.24) is 4.90 Å². The van der Waals surface area contributed by atoms with E-state index in [9.17, 15) is 14.4 Å². The number of ether oxygens (including phenoxy) is 1. The fourth-order valence-corrected chi connectivity index (χ4v) is 5.23. The standard InChI is InChI=1S/C26H26N2O4S/c1-16(2)28-14-13-20-21(15-28)33-25(22(20)26(31)32-3)27-24(30)19-11-9-18(10-12-19)23(29)17-7-5-4-6-8-17/h4-12,16H,13-15H2,1-3H3,(H,27,30). The number of carbonyl (C=O) groups is 3. The number of hydrogen-bond acceptors (Lipinski definition) is 6. The van der Waals surface area contributed by atoms with Gasteiger partial charge >= 0.3 is 5.97 Å². The molecule has 0 bridgehead atoms. The molecule has 0 unspecified atom stereocenters. The van der Waals surface area contributed by atoms with Crippen LogP contribution in [0.15, 0.2) is 54.6 Å². The molecule has 4 rings (SSSR count). The maximum absolute atomic E-state index is 13.0. The second-order valence-electron chi connectivity index (χ2n) is 8.24. The Morgan fingerprint density at radius 2 is 1.61 bits per heavy atom. The number of nitrogens with one attached hydrogen (secondary N) is 1. The number of rotatable bonds is 6. The van der Waals surface area contributed by atoms with Crippen LogP contribution in [-0.4, -0.2) is 42.3 Å². The molecule has 1 aliphatic rings. The van der Waals surface area contributed by atoms with Crippen LogP contribution in [-0.2, 0) is 17.7 Å². The lowest BCUT2D eigenvalue weighted by Crippen LogP contribution is -2.35. The van der Waals surface area contributed by atoms with E-state index < -0.39 is 5.97 Å². The molecule has 6 nitrogen and oxygen atoms in total. The normalized spacial score (nSPS) is 13.5. The van der Waals surface area contributed by atoms with Gasteiger partial charge in [0.1, 0.15) is 5.00 Å². The molecule has 2 heterocycles. The summed E-state index contributed by atoms with van der Waals surface area (Å²) in [5.41, 5.74) is 2.92. The lowest BCUT2D eigenvalue weighted by Gasteiger charge is -2.30. The molecule has 0 saturated heterocycles. The Bertz CT molecular complexity index is 1180. The maximum Gasteiger partial charge on any atom is 0.341 e. The molecule has 3 aromatic rings. The summed E-state index contributed by atoms with van der Waals surface area (Å²) in [7, 11) is 1.35. The van der Waals surface area contributed by atoms with Gasteiger partial charge in [-0.2, -0.15) is 0 Å². The van der Waals surface area contributed by atoms with Gasteiger partial charge in [-0.3, -0.25) is 14.5 Å². The van der Waals surface area contributed by atoms with Gasteiger partial charge in [-0.25, -0.2) is 4.79 Å². The number of amides is 1. The van der Waals surface area contributed by atoms with Crippen LogP contribution in [0.5, 0.6) is 0 Å². The topological polar surface area (TPSA) is 75.7 Å². The van der Waals surface area contributed by atoms with Crippen LogP contribution in [0.1, 0.15) is 60.9 Å². The lowest BCUT2D eigenvalue weighted by molar-refractivity contribution is 0.0600. The van der Waals surface area contributed by atoms with E-state index in [1.54, 1.807) is 36.4 Å². The first-order valence-electron chi connectivity index (χ1n) is 10.9. The molecule has 0 fully saturated rings. The van der Waals surface area contributed by atoms with Crippen LogP contribution >= 0.6 is 11.3 Å². The Hall–Kier alpha value is -3.29. The Morgan fingerprint density at radius 1 is 0.970 bits per heavy atom. The van der Waals surface area contributed by atoms with Crippen molar-refractivity contribution < 1.29 is 19.1 Å². The molecule has 33 heavy (non-hydrogen) atoms. The smallest absolute Gasteiger partial charge is 0.341 e. The first kappa shape index (κ1) is 22.9. The number of fused-ring (bicyclic) bond motifs is 1. The van der Waals surface area contributed by atoms with Crippen molar-refractivity contribution in [1.29, 1.82) is 0 Å². The SMILES string of the molecule is COC(=O)c1c(NC(=O)c2ccc(C(=O)c3ccccc3)cc2)sc2c1CCN(C(C)C)C2. The van der Waals surface area contributed by atoms with E-state index in [4.69, 9.17) is 4.74 Å². The minimum absolute atomic E-state index is 0.101. The Morgan fingerprint density at radius 3 is 2.24 bits per heavy atom. The molecule has 0 atom stereocenters. The van der Waals surface area contributed by atoms with Crippen LogP contribution in [0.2, 0.25) is 0 Å². The summed E-state index contributed by atoms with van der Waals surface area (Å²) in [6.45, 7) is 5.90. The number of anilines is 1. The molecule has 0 aliphatic carbocycles. The quantitative estimate of drug-likeness (QED) is 0.421. The predicted octanol–water partition coefficient (Wildman–Crippen LogP) is 4.78. The van der Waals surface area contributed by atoms with E-state index in [2.05, 4.69) is 24.1 Å². The third-order valence-corrected chi connectivity index (χ3v) is 7.01. The Labute approximate surface area is 197 Å². The highest BCUT2D eigenvalue weighted by Crippen LogP contribution is 2.38. The van der Waals surface area contributed by atoms with Crippen molar-refractivity contribution in [2.24, 2.45) is 0 Å². The number of ketones is 1. The number of carbonyl (C=O) groups excluding carboxylic acids is 3. The molecule has 170 valence electrons. The molecule has 1 aliphatic heterocycles. The second kappa shape index (κ2) is 9.68. The highest BCUT2D eigenvalue weighted by molar-refractivity contribution is 7.17. The van der Waals surface area contributed by atoms with E-state index in [1.165, 1.54) is 18.4 Å². The highest BCUT2D eigenvalue weighted by atomic mass is 32.1. The van der Waals surface area contributed by atoms with Gasteiger partial charge < -0.3 is 10.1 Å². The Balaban J connectivity index is 1.56. The monoisotopic (exact) mass is 462 g/mol. The van der Waals surface area contributed by atoms with Gasteiger partial charge in [-0.05, 0) is 38.0 Å². The minimum Gasteiger partial charge on any atom is -0.465 e. The molecule has 0 radical (unpaired) electrons. The molecule has 7 heteroatoms. The summed E-state index contributed by atoms with van der Waals surface area (Å²) in [5.74, 6) is -0.876. The first-order chi connectivity index (χ1) is 15.9. The molecule has 0 saturated carbocycles. The van der Waals surface area contributed by atoms with E-state index in [-0.39, 0.29) is 11.7 Å². The summed E-state index contributed by atoms with van der Waals surface area (Å²) in [5, 5.41) is 3.41. The number of esters is 1. The largest absolute Gasteiger partial charge is 0.465 e. The van der Waals surface area contributed by atoms with Crippen molar-refractivity contribution in [3.8, 4) is 0 Å². The number of thiophene rings is 1. The zero-order valence-corrected chi connectivity index (χ0v) is 19.7. The fourth-order valence-electron chi connectivity index (χ4n) is 3.97. The van der Waals surface area contributed by atoms with E-state index in [0.717, 1.165) is 30.0 Å². The van der Waals surface area contributed by atoms with Crippen LogP contribution < -0.4 is 5.32 Å². The van der Waals surface area contributed by atoms with Crippen molar-refractivity contribution in [2.45, 2.75) is 32.9 Å². The van der Waals surface area contributed by atoms with E-state index in [1.807, 2.05) is 18.2 Å². The van der Waals surface area contributed by atoms with Crippen molar-refractivity contribution in [2.75, 3.05) is 19.0 Å². The zero-order chi connectivity index (χ0) is 23.5. The zero-order valence-electron chi connectivity index (χ0n) is 18.9. The number of benzene rings is 2. The van der Waals surface area contributed by atoms with Gasteiger partial charge in [-0.15, -0.1) is 11.3 Å². The van der Waals surface area contributed by atoms with Crippen molar-refractivity contribution in [3.05, 3.63) is 87.3 Å². The maximum atomic E-state index is 13.0. The predicted molar refractivity (Wildman–Crippen MR) is 129 cm³/mol. The van der Waals surface area contributed by atoms with Gasteiger partial charge in [0, 0.05) is 40.7 Å². The van der Waals surface area contributed by atoms with Gasteiger partial charge in [0.25, 0.3) is 5.91 Å². The molecule has 2 aromatic carbocycles. The minimum atomic E-state index is -0.440. The molecule has 1 amide bonds. The number of hydrogen-bond donors (Lipinski definition) is 1. The van der Waals surface area contributed by atoms with Gasteiger partial charge in [0.2, 0.25) is 0 Å².